The predicted octanol–water partition coefficient (Wildman–Crippen LogP) is 2.04. The van der Waals surface area contributed by atoms with Crippen LogP contribution in [0.1, 0.15) is 23.6 Å². The largest absolute Gasteiger partial charge is 0.354 e. The van der Waals surface area contributed by atoms with Gasteiger partial charge in [0.25, 0.3) is 0 Å². The van der Waals surface area contributed by atoms with E-state index in [0.717, 1.165) is 16.9 Å². The summed E-state index contributed by atoms with van der Waals surface area (Å²) in [5.41, 5.74) is 1.84. The third kappa shape index (κ3) is 4.43. The summed E-state index contributed by atoms with van der Waals surface area (Å²) in [5.74, 6) is 0.715. The molecule has 0 aliphatic carbocycles. The van der Waals surface area contributed by atoms with E-state index in [0.29, 0.717) is 19.6 Å². The molecule has 3 amide bonds. The van der Waals surface area contributed by atoms with Gasteiger partial charge >= 0.3 is 6.03 Å². The molecule has 1 atom stereocenters. The highest BCUT2D eigenvalue weighted by molar-refractivity contribution is 5.80. The average molecular weight is 390 g/mol. The van der Waals surface area contributed by atoms with Gasteiger partial charge in [0.15, 0.2) is 0 Å². The maximum absolute atomic E-state index is 12.9. The fourth-order valence-corrected chi connectivity index (χ4v) is 3.39. The van der Waals surface area contributed by atoms with Crippen LogP contribution in [0, 0.1) is 0 Å². The topological polar surface area (TPSA) is 92.2 Å². The number of imidazole rings is 1. The fraction of sp³-hybridized carbons (Fsp3) is 0.238. The Morgan fingerprint density at radius 3 is 2.79 bits per heavy atom. The Morgan fingerprint density at radius 2 is 2.07 bits per heavy atom. The third-order valence-electron chi connectivity index (χ3n) is 4.90. The Hall–Kier alpha value is -3.68. The molecule has 8 nitrogen and oxygen atoms in total. The number of rotatable bonds is 4. The molecule has 3 aromatic rings. The van der Waals surface area contributed by atoms with Gasteiger partial charge in [-0.15, -0.1) is 0 Å². The number of carbonyl (C=O) groups excluding carboxylic acids is 2. The molecule has 8 heteroatoms. The summed E-state index contributed by atoms with van der Waals surface area (Å²) < 4.78 is 1.81. The summed E-state index contributed by atoms with van der Waals surface area (Å²) in [6.07, 6.45) is 7.18. The van der Waals surface area contributed by atoms with Crippen LogP contribution in [-0.4, -0.2) is 44.5 Å². The number of aromatic nitrogens is 3. The molecule has 1 fully saturated rings. The van der Waals surface area contributed by atoms with Crippen molar-refractivity contribution in [1.29, 1.82) is 0 Å². The normalized spacial score (nSPS) is 16.8. The summed E-state index contributed by atoms with van der Waals surface area (Å²) in [6, 6.07) is 13.0. The van der Waals surface area contributed by atoms with Crippen LogP contribution >= 0.6 is 0 Å². The van der Waals surface area contributed by atoms with Gasteiger partial charge in [0, 0.05) is 38.2 Å². The second-order valence-corrected chi connectivity index (χ2v) is 6.83. The molecular weight excluding hydrogens is 368 g/mol. The van der Waals surface area contributed by atoms with E-state index >= 15 is 0 Å². The van der Waals surface area contributed by atoms with Gasteiger partial charge in [-0.05, 0) is 17.2 Å². The zero-order chi connectivity index (χ0) is 20.1. The summed E-state index contributed by atoms with van der Waals surface area (Å²) in [5, 5.41) is 5.80. The molecule has 1 aliphatic heterocycles. The first-order chi connectivity index (χ1) is 14.2. The Balaban J connectivity index is 1.44. The smallest absolute Gasteiger partial charge is 0.318 e. The van der Waals surface area contributed by atoms with Crippen molar-refractivity contribution >= 4 is 11.9 Å². The van der Waals surface area contributed by atoms with Gasteiger partial charge in [0.2, 0.25) is 5.91 Å². The summed E-state index contributed by atoms with van der Waals surface area (Å²) in [7, 11) is 0. The Labute approximate surface area is 168 Å². The highest BCUT2D eigenvalue weighted by Gasteiger charge is 2.29. The molecule has 1 unspecified atom stereocenters. The first kappa shape index (κ1) is 18.7. The molecular formula is C21H22N6O2. The predicted molar refractivity (Wildman–Crippen MR) is 107 cm³/mol. The van der Waals surface area contributed by atoms with Gasteiger partial charge in [0.05, 0.1) is 12.5 Å². The van der Waals surface area contributed by atoms with E-state index in [1.54, 1.807) is 23.6 Å². The van der Waals surface area contributed by atoms with Crippen molar-refractivity contribution in [3.8, 4) is 5.82 Å². The number of nitrogens with one attached hydrogen (secondary N) is 2. The highest BCUT2D eigenvalue weighted by atomic mass is 16.2. The number of amides is 3. The van der Waals surface area contributed by atoms with Crippen LogP contribution in [0.25, 0.3) is 5.82 Å². The van der Waals surface area contributed by atoms with Gasteiger partial charge in [0.1, 0.15) is 12.1 Å². The lowest BCUT2D eigenvalue weighted by molar-refractivity contribution is -0.121. The van der Waals surface area contributed by atoms with E-state index in [1.807, 2.05) is 53.2 Å². The monoisotopic (exact) mass is 390 g/mol. The van der Waals surface area contributed by atoms with Crippen LogP contribution in [-0.2, 0) is 11.3 Å². The van der Waals surface area contributed by atoms with Crippen LogP contribution < -0.4 is 10.6 Å². The van der Waals surface area contributed by atoms with Gasteiger partial charge in [-0.1, -0.05) is 36.4 Å². The van der Waals surface area contributed by atoms with Crippen molar-refractivity contribution in [2.45, 2.75) is 19.0 Å². The molecule has 1 aromatic carbocycles. The van der Waals surface area contributed by atoms with Crippen LogP contribution in [0.15, 0.2) is 67.4 Å². The molecule has 148 valence electrons. The summed E-state index contributed by atoms with van der Waals surface area (Å²) in [6.45, 7) is 1.25. The fourth-order valence-electron chi connectivity index (χ4n) is 3.39. The van der Waals surface area contributed by atoms with Gasteiger partial charge in [-0.25, -0.2) is 14.8 Å². The second kappa shape index (κ2) is 8.55. The molecule has 2 aromatic heterocycles. The van der Waals surface area contributed by atoms with Gasteiger partial charge in [-0.2, -0.15) is 0 Å². The van der Waals surface area contributed by atoms with E-state index in [4.69, 9.17) is 0 Å². The number of urea groups is 1. The Bertz CT molecular complexity index is 957. The zero-order valence-electron chi connectivity index (χ0n) is 15.9. The number of nitrogens with zero attached hydrogens (tertiary/aromatic N) is 4. The van der Waals surface area contributed by atoms with E-state index < -0.39 is 0 Å². The summed E-state index contributed by atoms with van der Waals surface area (Å²) in [4.78, 5) is 35.1. The van der Waals surface area contributed by atoms with Crippen molar-refractivity contribution in [1.82, 2.24) is 30.1 Å². The quantitative estimate of drug-likeness (QED) is 0.713. The summed E-state index contributed by atoms with van der Waals surface area (Å²) >= 11 is 0. The first-order valence-electron chi connectivity index (χ1n) is 9.50. The number of hydrogen-bond acceptors (Lipinski definition) is 4. The van der Waals surface area contributed by atoms with Crippen molar-refractivity contribution in [3.05, 3.63) is 78.5 Å². The van der Waals surface area contributed by atoms with Gasteiger partial charge in [-0.3, -0.25) is 9.36 Å². The van der Waals surface area contributed by atoms with E-state index in [1.165, 1.54) is 0 Å². The zero-order valence-corrected chi connectivity index (χ0v) is 15.9. The molecule has 3 heterocycles. The van der Waals surface area contributed by atoms with Crippen LogP contribution in [0.4, 0.5) is 4.79 Å². The van der Waals surface area contributed by atoms with Crippen molar-refractivity contribution < 1.29 is 9.59 Å². The Kier molecular flexibility index (Phi) is 5.51. The van der Waals surface area contributed by atoms with Crippen LogP contribution in [0.3, 0.4) is 0 Å². The van der Waals surface area contributed by atoms with Crippen LogP contribution in [0.2, 0.25) is 0 Å². The minimum absolute atomic E-state index is 0.0477. The molecule has 0 radical (unpaired) electrons. The highest BCUT2D eigenvalue weighted by Crippen LogP contribution is 2.25. The lowest BCUT2D eigenvalue weighted by Gasteiger charge is -2.29. The SMILES string of the molecule is O=C1CC(c2ccccc2)N(C(=O)NCc2ccc(-n3ccnc3)nc2)CCN1. The van der Waals surface area contributed by atoms with Crippen molar-refractivity contribution in [3.63, 3.8) is 0 Å². The van der Waals surface area contributed by atoms with Crippen LogP contribution in [0.5, 0.6) is 0 Å². The maximum Gasteiger partial charge on any atom is 0.318 e. The lowest BCUT2D eigenvalue weighted by atomic mass is 10.0. The molecule has 29 heavy (non-hydrogen) atoms. The number of hydrogen-bond donors (Lipinski definition) is 2. The third-order valence-corrected chi connectivity index (χ3v) is 4.90. The molecule has 0 saturated carbocycles. The molecule has 4 rings (SSSR count). The molecule has 1 saturated heterocycles. The first-order valence-corrected chi connectivity index (χ1v) is 9.50. The van der Waals surface area contributed by atoms with Crippen molar-refractivity contribution in [2.75, 3.05) is 13.1 Å². The van der Waals surface area contributed by atoms with Gasteiger partial charge < -0.3 is 15.5 Å². The molecule has 0 bridgehead atoms. The minimum Gasteiger partial charge on any atom is -0.354 e. The van der Waals surface area contributed by atoms with E-state index in [2.05, 4.69) is 20.6 Å². The Morgan fingerprint density at radius 1 is 1.21 bits per heavy atom. The maximum atomic E-state index is 12.9. The second-order valence-electron chi connectivity index (χ2n) is 6.83. The number of carbonyl (C=O) groups is 2. The van der Waals surface area contributed by atoms with E-state index in [-0.39, 0.29) is 24.4 Å². The molecule has 0 spiro atoms. The molecule has 2 N–H and O–H groups in total. The lowest BCUT2D eigenvalue weighted by Crippen LogP contribution is -2.43. The number of pyridine rings is 1. The standard InChI is InChI=1S/C21H22N6O2/c28-20-12-18(17-4-2-1-3-5-17)27(11-9-23-20)21(29)25-14-16-6-7-19(24-13-16)26-10-8-22-15-26/h1-8,10,13,15,18H,9,11-12,14H2,(H,23,28)(H,25,29). The average Bonchev–Trinajstić information content (AvgIpc) is 3.22. The number of benzene rings is 1. The van der Waals surface area contributed by atoms with E-state index in [9.17, 15) is 9.59 Å². The van der Waals surface area contributed by atoms with Crippen molar-refractivity contribution in [2.24, 2.45) is 0 Å². The molecule has 1 aliphatic rings. The minimum atomic E-state index is -0.291.